The van der Waals surface area contributed by atoms with Gasteiger partial charge in [0, 0.05) is 19.9 Å². The molecule has 0 aliphatic heterocycles. The Morgan fingerprint density at radius 1 is 1.32 bits per heavy atom. The van der Waals surface area contributed by atoms with Gasteiger partial charge in [0.2, 0.25) is 0 Å². The summed E-state index contributed by atoms with van der Waals surface area (Å²) in [6.07, 6.45) is 3.54. The molecule has 1 N–H and O–H groups in total. The van der Waals surface area contributed by atoms with Crippen LogP contribution in [0.25, 0.3) is 0 Å². The first kappa shape index (κ1) is 13.6. The summed E-state index contributed by atoms with van der Waals surface area (Å²) in [7, 11) is 3.57. The Hall–Kier alpha value is -1.81. The van der Waals surface area contributed by atoms with Crippen LogP contribution in [0.4, 0.5) is 0 Å². The minimum absolute atomic E-state index is 0.161. The van der Waals surface area contributed by atoms with Crippen molar-refractivity contribution in [3.8, 4) is 5.75 Å². The molecular formula is C15H20N2O2. The highest BCUT2D eigenvalue weighted by Crippen LogP contribution is 2.18. The molecule has 1 aromatic heterocycles. The molecule has 0 bridgehead atoms. The van der Waals surface area contributed by atoms with E-state index in [0.717, 1.165) is 24.3 Å². The Morgan fingerprint density at radius 3 is 2.79 bits per heavy atom. The molecule has 19 heavy (non-hydrogen) atoms. The fraction of sp³-hybridized carbons (Fsp3) is 0.400. The minimum atomic E-state index is 0.161. The van der Waals surface area contributed by atoms with Crippen molar-refractivity contribution >= 4 is 0 Å². The van der Waals surface area contributed by atoms with Crippen LogP contribution in [0, 0.1) is 5.92 Å². The van der Waals surface area contributed by atoms with Gasteiger partial charge in [-0.1, -0.05) is 12.1 Å². The predicted molar refractivity (Wildman–Crippen MR) is 74.2 cm³/mol. The van der Waals surface area contributed by atoms with Crippen LogP contribution in [-0.4, -0.2) is 28.6 Å². The van der Waals surface area contributed by atoms with Gasteiger partial charge >= 0.3 is 0 Å². The molecule has 0 fully saturated rings. The van der Waals surface area contributed by atoms with Crippen LogP contribution in [-0.2, 0) is 19.9 Å². The SMILES string of the molecule is COc1cccc(CC(CO)Cc2ccn(C)n2)c1. The lowest BCUT2D eigenvalue weighted by Gasteiger charge is -2.13. The fourth-order valence-corrected chi connectivity index (χ4v) is 2.20. The third-order valence-electron chi connectivity index (χ3n) is 3.18. The standard InChI is InChI=1S/C15H20N2O2/c1-17-7-6-14(16-17)9-13(11-18)8-12-4-3-5-15(10-12)19-2/h3-7,10,13,18H,8-9,11H2,1-2H3. The van der Waals surface area contributed by atoms with Gasteiger partial charge in [-0.2, -0.15) is 5.10 Å². The van der Waals surface area contributed by atoms with Crippen LogP contribution in [0.3, 0.4) is 0 Å². The molecule has 0 amide bonds. The third-order valence-corrected chi connectivity index (χ3v) is 3.18. The summed E-state index contributed by atoms with van der Waals surface area (Å²) < 4.78 is 7.00. The van der Waals surface area contributed by atoms with Crippen molar-refractivity contribution in [1.29, 1.82) is 0 Å². The number of aliphatic hydroxyl groups is 1. The molecule has 0 saturated heterocycles. The number of aliphatic hydroxyl groups excluding tert-OH is 1. The van der Waals surface area contributed by atoms with Gasteiger partial charge in [0.15, 0.2) is 0 Å². The smallest absolute Gasteiger partial charge is 0.119 e. The highest BCUT2D eigenvalue weighted by Gasteiger charge is 2.12. The lowest BCUT2D eigenvalue weighted by atomic mass is 9.95. The summed E-state index contributed by atoms with van der Waals surface area (Å²) in [5.74, 6) is 1.04. The van der Waals surface area contributed by atoms with Crippen molar-refractivity contribution in [3.05, 3.63) is 47.8 Å². The first-order valence-corrected chi connectivity index (χ1v) is 6.43. The van der Waals surface area contributed by atoms with E-state index in [2.05, 4.69) is 11.2 Å². The van der Waals surface area contributed by atoms with Gasteiger partial charge in [-0.3, -0.25) is 4.68 Å². The first-order chi connectivity index (χ1) is 9.21. The Morgan fingerprint density at radius 2 is 2.16 bits per heavy atom. The zero-order chi connectivity index (χ0) is 13.7. The van der Waals surface area contributed by atoms with E-state index in [9.17, 15) is 5.11 Å². The van der Waals surface area contributed by atoms with Gasteiger partial charge < -0.3 is 9.84 Å². The number of nitrogens with zero attached hydrogens (tertiary/aromatic N) is 2. The number of hydrogen-bond donors (Lipinski definition) is 1. The summed E-state index contributed by atoms with van der Waals surface area (Å²) in [6.45, 7) is 0.161. The van der Waals surface area contributed by atoms with Crippen molar-refractivity contribution in [2.75, 3.05) is 13.7 Å². The van der Waals surface area contributed by atoms with Crippen LogP contribution in [0.2, 0.25) is 0 Å². The van der Waals surface area contributed by atoms with Gasteiger partial charge in [0.05, 0.1) is 12.8 Å². The Labute approximate surface area is 113 Å². The largest absolute Gasteiger partial charge is 0.497 e. The zero-order valence-corrected chi connectivity index (χ0v) is 11.4. The number of benzene rings is 1. The van der Waals surface area contributed by atoms with Crippen molar-refractivity contribution < 1.29 is 9.84 Å². The van der Waals surface area contributed by atoms with E-state index in [0.29, 0.717) is 0 Å². The number of hydrogen-bond acceptors (Lipinski definition) is 3. The monoisotopic (exact) mass is 260 g/mol. The highest BCUT2D eigenvalue weighted by atomic mass is 16.5. The second kappa shape index (κ2) is 6.38. The second-order valence-corrected chi connectivity index (χ2v) is 4.79. The van der Waals surface area contributed by atoms with Crippen LogP contribution in [0.15, 0.2) is 36.5 Å². The quantitative estimate of drug-likeness (QED) is 0.862. The van der Waals surface area contributed by atoms with E-state index in [4.69, 9.17) is 4.74 Å². The number of methoxy groups -OCH3 is 1. The lowest BCUT2D eigenvalue weighted by Crippen LogP contribution is -2.13. The summed E-state index contributed by atoms with van der Waals surface area (Å²) in [5.41, 5.74) is 2.19. The van der Waals surface area contributed by atoms with Gasteiger partial charge in [-0.15, -0.1) is 0 Å². The molecule has 0 spiro atoms. The second-order valence-electron chi connectivity index (χ2n) is 4.79. The maximum atomic E-state index is 9.52. The Balaban J connectivity index is 2.01. The average molecular weight is 260 g/mol. The average Bonchev–Trinajstić information content (AvgIpc) is 2.83. The molecule has 102 valence electrons. The van der Waals surface area contributed by atoms with E-state index >= 15 is 0 Å². The highest BCUT2D eigenvalue weighted by molar-refractivity contribution is 5.28. The summed E-state index contributed by atoms with van der Waals surface area (Å²) in [5, 5.41) is 13.9. The summed E-state index contributed by atoms with van der Waals surface area (Å²) in [4.78, 5) is 0. The molecule has 1 aromatic carbocycles. The topological polar surface area (TPSA) is 47.3 Å². The minimum Gasteiger partial charge on any atom is -0.497 e. The first-order valence-electron chi connectivity index (χ1n) is 6.43. The molecule has 2 rings (SSSR count). The van der Waals surface area contributed by atoms with E-state index < -0.39 is 0 Å². The molecule has 0 aliphatic rings. The molecule has 1 heterocycles. The van der Waals surface area contributed by atoms with Gasteiger partial charge in [0.25, 0.3) is 0 Å². The Bertz CT molecular complexity index is 522. The molecule has 1 atom stereocenters. The number of aromatic nitrogens is 2. The molecule has 0 aliphatic carbocycles. The molecule has 4 heteroatoms. The number of aryl methyl sites for hydroxylation is 1. The van der Waals surface area contributed by atoms with Crippen LogP contribution < -0.4 is 4.74 Å². The molecule has 1 unspecified atom stereocenters. The van der Waals surface area contributed by atoms with Crippen molar-refractivity contribution in [2.24, 2.45) is 13.0 Å². The summed E-state index contributed by atoms with van der Waals surface area (Å²) in [6, 6.07) is 9.97. The van der Waals surface area contributed by atoms with Crippen LogP contribution >= 0.6 is 0 Å². The fourth-order valence-electron chi connectivity index (χ4n) is 2.20. The summed E-state index contributed by atoms with van der Waals surface area (Å²) >= 11 is 0. The van der Waals surface area contributed by atoms with E-state index in [-0.39, 0.29) is 12.5 Å². The maximum Gasteiger partial charge on any atom is 0.119 e. The van der Waals surface area contributed by atoms with Crippen molar-refractivity contribution in [2.45, 2.75) is 12.8 Å². The number of rotatable bonds is 6. The molecule has 2 aromatic rings. The van der Waals surface area contributed by atoms with Crippen LogP contribution in [0.5, 0.6) is 5.75 Å². The van der Waals surface area contributed by atoms with Crippen molar-refractivity contribution in [3.63, 3.8) is 0 Å². The normalized spacial score (nSPS) is 12.4. The number of ether oxygens (including phenoxy) is 1. The Kier molecular flexibility index (Phi) is 4.58. The van der Waals surface area contributed by atoms with E-state index in [1.165, 1.54) is 5.56 Å². The molecule has 0 radical (unpaired) electrons. The van der Waals surface area contributed by atoms with Gasteiger partial charge in [0.1, 0.15) is 5.75 Å². The zero-order valence-electron chi connectivity index (χ0n) is 11.4. The molecule has 0 saturated carbocycles. The van der Waals surface area contributed by atoms with Gasteiger partial charge in [-0.05, 0) is 42.5 Å². The maximum absolute atomic E-state index is 9.52. The molecule has 4 nitrogen and oxygen atoms in total. The van der Waals surface area contributed by atoms with E-state index in [1.807, 2.05) is 37.5 Å². The third kappa shape index (κ3) is 3.83. The predicted octanol–water partition coefficient (Wildman–Crippen LogP) is 1.82. The van der Waals surface area contributed by atoms with Crippen LogP contribution in [0.1, 0.15) is 11.3 Å². The van der Waals surface area contributed by atoms with E-state index in [1.54, 1.807) is 11.8 Å². The van der Waals surface area contributed by atoms with Gasteiger partial charge in [-0.25, -0.2) is 0 Å². The molecular weight excluding hydrogens is 240 g/mol. The van der Waals surface area contributed by atoms with Crippen molar-refractivity contribution in [1.82, 2.24) is 9.78 Å². The lowest BCUT2D eigenvalue weighted by molar-refractivity contribution is 0.224.